The van der Waals surface area contributed by atoms with Crippen LogP contribution in [-0.4, -0.2) is 8.07 Å². The van der Waals surface area contributed by atoms with Crippen molar-refractivity contribution in [3.05, 3.63) is 84.6 Å². The van der Waals surface area contributed by atoms with Crippen molar-refractivity contribution in [2.45, 2.75) is 54.6 Å². The first-order valence-electron chi connectivity index (χ1n) is 9.96. The third-order valence-electron chi connectivity index (χ3n) is 6.30. The topological polar surface area (TPSA) is 0 Å². The summed E-state index contributed by atoms with van der Waals surface area (Å²) in [6.07, 6.45) is 0. The van der Waals surface area contributed by atoms with E-state index in [0.29, 0.717) is 0 Å². The summed E-state index contributed by atoms with van der Waals surface area (Å²) in [5, 5.41) is 9.11. The molecule has 4 aromatic carbocycles. The van der Waals surface area contributed by atoms with Gasteiger partial charge in [0.2, 0.25) is 0 Å². The Morgan fingerprint density at radius 3 is 1.27 bits per heavy atom. The standard InChI is InChI=1S/C26H30Si.2CH3.Zr/c1-15-9-17(3)23-21(11-15)13-19(5)25(23)27(7,8)26-20(6)14-22-12-16(2)10-18(4)24(22)26;;;/h9-14H,1-8H3;2*1H3;/q-2;2*-1;+4. The Hall–Kier alpha value is -1.24. The monoisotopic (exact) mass is 490 g/mol. The number of hydrogen-bond donors (Lipinski definition) is 0. The Bertz CT molecular complexity index is 1110. The molecule has 0 amide bonds. The van der Waals surface area contributed by atoms with Gasteiger partial charge in [-0.1, -0.05) is 61.3 Å². The van der Waals surface area contributed by atoms with E-state index in [9.17, 15) is 0 Å². The Morgan fingerprint density at radius 2 is 0.933 bits per heavy atom. The molecular weight excluding hydrogens is 456 g/mol. The molecule has 0 heterocycles. The van der Waals surface area contributed by atoms with Crippen molar-refractivity contribution in [1.29, 1.82) is 0 Å². The minimum Gasteiger partial charge on any atom is -0.358 e. The van der Waals surface area contributed by atoms with Crippen molar-refractivity contribution in [3.63, 3.8) is 0 Å². The molecule has 4 aromatic rings. The van der Waals surface area contributed by atoms with Crippen molar-refractivity contribution >= 4 is 40.0 Å². The van der Waals surface area contributed by atoms with Crippen LogP contribution in [0.3, 0.4) is 0 Å². The zero-order valence-electron chi connectivity index (χ0n) is 20.5. The number of aryl methyl sites for hydroxylation is 6. The second-order valence-electron chi connectivity index (χ2n) is 9.12. The molecule has 0 saturated heterocycles. The van der Waals surface area contributed by atoms with Crippen LogP contribution in [0.1, 0.15) is 33.4 Å². The van der Waals surface area contributed by atoms with Crippen LogP contribution in [0.2, 0.25) is 13.1 Å². The quantitative estimate of drug-likeness (QED) is 0.209. The first-order valence-corrected chi connectivity index (χ1v) is 13.0. The zero-order valence-corrected chi connectivity index (χ0v) is 23.9. The molecule has 0 N–H and O–H groups in total. The van der Waals surface area contributed by atoms with E-state index in [-0.39, 0.29) is 41.1 Å². The first-order chi connectivity index (χ1) is 12.6. The van der Waals surface area contributed by atoms with Crippen molar-refractivity contribution < 1.29 is 26.2 Å². The molecule has 0 atom stereocenters. The Morgan fingerprint density at radius 1 is 0.600 bits per heavy atom. The van der Waals surface area contributed by atoms with E-state index in [1.807, 2.05) is 0 Å². The maximum absolute atomic E-state index is 2.55. The van der Waals surface area contributed by atoms with Crippen molar-refractivity contribution in [2.75, 3.05) is 0 Å². The van der Waals surface area contributed by atoms with Gasteiger partial charge in [0.05, 0.1) is 0 Å². The largest absolute Gasteiger partial charge is 4.00 e. The van der Waals surface area contributed by atoms with Gasteiger partial charge >= 0.3 is 26.2 Å². The molecule has 0 aliphatic carbocycles. The summed E-state index contributed by atoms with van der Waals surface area (Å²) in [5.41, 5.74) is 8.50. The summed E-state index contributed by atoms with van der Waals surface area (Å²) < 4.78 is 0. The number of hydrogen-bond acceptors (Lipinski definition) is 0. The molecule has 0 unspecified atom stereocenters. The van der Waals surface area contributed by atoms with Gasteiger partial charge in [0, 0.05) is 8.07 Å². The average Bonchev–Trinajstić information content (AvgIpc) is 3.03. The molecule has 0 nitrogen and oxygen atoms in total. The summed E-state index contributed by atoms with van der Waals surface area (Å²) in [4.78, 5) is 0. The maximum atomic E-state index is 2.55. The van der Waals surface area contributed by atoms with Crippen molar-refractivity contribution in [1.82, 2.24) is 0 Å². The maximum Gasteiger partial charge on any atom is 4.00 e. The van der Waals surface area contributed by atoms with Crippen LogP contribution in [0, 0.1) is 56.4 Å². The minimum absolute atomic E-state index is 0. The molecule has 30 heavy (non-hydrogen) atoms. The average molecular weight is 492 g/mol. The molecule has 0 aliphatic rings. The summed E-state index contributed by atoms with van der Waals surface area (Å²) in [5.74, 6) is 0. The molecule has 156 valence electrons. The molecule has 0 bridgehead atoms. The number of benzene rings is 2. The van der Waals surface area contributed by atoms with Crippen molar-refractivity contribution in [3.8, 4) is 0 Å². The van der Waals surface area contributed by atoms with Gasteiger partial charge in [-0.25, -0.2) is 0 Å². The molecule has 4 rings (SSSR count). The van der Waals surface area contributed by atoms with Gasteiger partial charge in [0.1, 0.15) is 0 Å². The first kappa shape index (κ1) is 26.8. The van der Waals surface area contributed by atoms with Gasteiger partial charge in [-0.3, -0.25) is 0 Å². The van der Waals surface area contributed by atoms with Crippen LogP contribution in [-0.2, 0) is 26.2 Å². The number of rotatable bonds is 2. The zero-order chi connectivity index (χ0) is 19.7. The molecule has 0 radical (unpaired) electrons. The van der Waals surface area contributed by atoms with Crippen LogP contribution < -0.4 is 10.4 Å². The number of fused-ring (bicyclic) bond motifs is 2. The van der Waals surface area contributed by atoms with Crippen LogP contribution in [0.5, 0.6) is 0 Å². The minimum atomic E-state index is -1.87. The van der Waals surface area contributed by atoms with Gasteiger partial charge in [0.15, 0.2) is 0 Å². The normalized spacial score (nSPS) is 11.2. The van der Waals surface area contributed by atoms with Gasteiger partial charge in [0.25, 0.3) is 0 Å². The SMILES string of the molecule is Cc1cc(C)c2c([Si](C)(C)c3c(C)[cH-]c4cc(C)cc(C)c34)c(C)[cH-]c2c1.[CH3-].[CH3-].[Zr+4]. The second kappa shape index (κ2) is 9.09. The van der Waals surface area contributed by atoms with Crippen LogP contribution in [0.25, 0.3) is 21.5 Å². The molecule has 0 aliphatic heterocycles. The van der Waals surface area contributed by atoms with Crippen molar-refractivity contribution in [2.24, 2.45) is 0 Å². The smallest absolute Gasteiger partial charge is 0.358 e. The molecular formula is C28H36SiZr. The third kappa shape index (κ3) is 3.98. The fourth-order valence-corrected chi connectivity index (χ4v) is 9.95. The molecule has 0 saturated carbocycles. The van der Waals surface area contributed by atoms with E-state index in [0.717, 1.165) is 0 Å². The predicted octanol–water partition coefficient (Wildman–Crippen LogP) is 7.00. The predicted molar refractivity (Wildman–Crippen MR) is 137 cm³/mol. The summed E-state index contributed by atoms with van der Waals surface area (Å²) in [6.45, 7) is 18.7. The molecule has 0 fully saturated rings. The Balaban J connectivity index is 0.00000150. The fraction of sp³-hybridized carbons (Fsp3) is 0.286. The van der Waals surface area contributed by atoms with E-state index < -0.39 is 8.07 Å². The van der Waals surface area contributed by atoms with E-state index in [1.54, 1.807) is 10.4 Å². The van der Waals surface area contributed by atoms with E-state index in [1.165, 1.54) is 54.9 Å². The fourth-order valence-electron chi connectivity index (χ4n) is 5.65. The van der Waals surface area contributed by atoms with Gasteiger partial charge in [-0.15, -0.1) is 56.9 Å². The summed E-state index contributed by atoms with van der Waals surface area (Å²) in [6, 6.07) is 14.2. The Kier molecular flexibility index (Phi) is 8.12. The third-order valence-corrected chi connectivity index (χ3v) is 10.1. The molecule has 0 spiro atoms. The van der Waals surface area contributed by atoms with E-state index >= 15 is 0 Å². The van der Waals surface area contributed by atoms with E-state index in [4.69, 9.17) is 0 Å². The van der Waals surface area contributed by atoms with Crippen LogP contribution in [0.4, 0.5) is 0 Å². The van der Waals surface area contributed by atoms with Gasteiger partial charge in [-0.05, 0) is 27.7 Å². The van der Waals surface area contributed by atoms with Crippen LogP contribution in [0.15, 0.2) is 36.4 Å². The second-order valence-corrected chi connectivity index (χ2v) is 13.4. The molecule has 0 aromatic heterocycles. The Labute approximate surface area is 204 Å². The van der Waals surface area contributed by atoms with Gasteiger partial charge < -0.3 is 14.9 Å². The molecule has 2 heteroatoms. The van der Waals surface area contributed by atoms with Crippen LogP contribution >= 0.6 is 0 Å². The van der Waals surface area contributed by atoms with Gasteiger partial charge in [-0.2, -0.15) is 10.4 Å². The summed E-state index contributed by atoms with van der Waals surface area (Å²) >= 11 is 0. The van der Waals surface area contributed by atoms with E-state index in [2.05, 4.69) is 91.0 Å². The summed E-state index contributed by atoms with van der Waals surface area (Å²) in [7, 11) is -1.87.